The Balaban J connectivity index is 3.52. The molecule has 0 saturated carbocycles. The summed E-state index contributed by atoms with van der Waals surface area (Å²) in [5.74, 6) is -1.31. The molecule has 0 aliphatic heterocycles. The van der Waals surface area contributed by atoms with E-state index in [1.165, 1.54) is 0 Å². The molecular weight excluding hydrogens is 198 g/mol. The summed E-state index contributed by atoms with van der Waals surface area (Å²) >= 11 is 0. The number of aromatic nitrogens is 1. The molecule has 0 unspecified atom stereocenters. The molecule has 0 atom stereocenters. The second-order valence-corrected chi connectivity index (χ2v) is 3.61. The molecule has 0 radical (unpaired) electrons. The summed E-state index contributed by atoms with van der Waals surface area (Å²) in [5.41, 5.74) is 0. The van der Waals surface area contributed by atoms with E-state index in [0.717, 1.165) is 6.20 Å². The lowest BCUT2D eigenvalue weighted by Gasteiger charge is -1.97. The fourth-order valence-corrected chi connectivity index (χ4v) is 1.43. The van der Waals surface area contributed by atoms with Crippen LogP contribution in [0.1, 0.15) is 0 Å². The average Bonchev–Trinajstić information content (AvgIpc) is 2.25. The van der Waals surface area contributed by atoms with Crippen molar-refractivity contribution in [3.05, 3.63) is 12.6 Å². The molecule has 0 fully saturated rings. The molecule has 3 N–H and O–H groups in total. The van der Waals surface area contributed by atoms with Crippen LogP contribution < -0.4 is 0 Å². The molecule has 72 valence electrons. The number of rotatable bonds is 2. The zero-order chi connectivity index (χ0) is 10.2. The van der Waals surface area contributed by atoms with Gasteiger partial charge in [0, 0.05) is 12.3 Å². The molecule has 1 aromatic rings. The first kappa shape index (κ1) is 9.62. The summed E-state index contributed by atoms with van der Waals surface area (Å²) in [7, 11) is -4.52. The van der Waals surface area contributed by atoms with E-state index in [2.05, 4.69) is 6.58 Å². The summed E-state index contributed by atoms with van der Waals surface area (Å²) in [6.07, 6.45) is 0.999. The fraction of sp³-hybridized carbons (Fsp3) is 0. The van der Waals surface area contributed by atoms with E-state index in [1.54, 1.807) is 0 Å². The van der Waals surface area contributed by atoms with Gasteiger partial charge in [-0.15, -0.1) is 0 Å². The van der Waals surface area contributed by atoms with Crippen molar-refractivity contribution < 1.29 is 23.2 Å². The highest BCUT2D eigenvalue weighted by atomic mass is 32.2. The van der Waals surface area contributed by atoms with E-state index >= 15 is 0 Å². The SMILES string of the molecule is C=Cn1c(O)cc(S(=O)(=O)O)c1O. The topological polar surface area (TPSA) is 99.8 Å². The van der Waals surface area contributed by atoms with Crippen LogP contribution in [0.3, 0.4) is 0 Å². The van der Waals surface area contributed by atoms with Gasteiger partial charge in [-0.3, -0.25) is 9.12 Å². The Morgan fingerprint density at radius 1 is 1.46 bits per heavy atom. The zero-order valence-corrected chi connectivity index (χ0v) is 7.19. The van der Waals surface area contributed by atoms with Crippen molar-refractivity contribution >= 4 is 16.3 Å². The van der Waals surface area contributed by atoms with Gasteiger partial charge in [-0.25, -0.2) is 0 Å². The molecule has 0 saturated heterocycles. The lowest BCUT2D eigenvalue weighted by Crippen LogP contribution is -1.96. The maximum absolute atomic E-state index is 10.6. The molecule has 0 aliphatic carbocycles. The second-order valence-electron chi connectivity index (χ2n) is 2.22. The van der Waals surface area contributed by atoms with Gasteiger partial charge in [0.1, 0.15) is 0 Å². The first-order valence-corrected chi connectivity index (χ1v) is 4.55. The summed E-state index contributed by atoms with van der Waals surface area (Å²) in [5, 5.41) is 18.2. The predicted molar refractivity (Wildman–Crippen MR) is 44.0 cm³/mol. The Bertz CT molecular complexity index is 444. The summed E-state index contributed by atoms with van der Waals surface area (Å²) in [6, 6.07) is 0.715. The highest BCUT2D eigenvalue weighted by molar-refractivity contribution is 7.86. The number of hydrogen-bond donors (Lipinski definition) is 3. The van der Waals surface area contributed by atoms with Gasteiger partial charge in [0.15, 0.2) is 10.8 Å². The van der Waals surface area contributed by atoms with Gasteiger partial charge in [0.05, 0.1) is 0 Å². The third-order valence-electron chi connectivity index (χ3n) is 1.42. The predicted octanol–water partition coefficient (Wildman–Crippen LogP) is 0.247. The normalized spacial score (nSPS) is 11.5. The summed E-state index contributed by atoms with van der Waals surface area (Å²) in [6.45, 7) is 3.21. The van der Waals surface area contributed by atoms with Gasteiger partial charge in [0.25, 0.3) is 10.1 Å². The van der Waals surface area contributed by atoms with Crippen LogP contribution in [-0.4, -0.2) is 27.8 Å². The van der Waals surface area contributed by atoms with Crippen LogP contribution in [0.15, 0.2) is 17.5 Å². The quantitative estimate of drug-likeness (QED) is 0.601. The third-order valence-corrected chi connectivity index (χ3v) is 2.27. The van der Waals surface area contributed by atoms with Gasteiger partial charge < -0.3 is 10.2 Å². The Labute approximate surface area is 74.1 Å². The first-order valence-electron chi connectivity index (χ1n) is 3.11. The molecule has 0 aromatic carbocycles. The highest BCUT2D eigenvalue weighted by Crippen LogP contribution is 2.30. The monoisotopic (exact) mass is 205 g/mol. The van der Waals surface area contributed by atoms with Gasteiger partial charge in [-0.1, -0.05) is 6.58 Å². The van der Waals surface area contributed by atoms with Crippen molar-refractivity contribution in [1.29, 1.82) is 0 Å². The van der Waals surface area contributed by atoms with E-state index < -0.39 is 26.8 Å². The van der Waals surface area contributed by atoms with Crippen LogP contribution in [0.2, 0.25) is 0 Å². The Morgan fingerprint density at radius 2 is 2.00 bits per heavy atom. The van der Waals surface area contributed by atoms with Crippen molar-refractivity contribution in [2.45, 2.75) is 4.90 Å². The van der Waals surface area contributed by atoms with E-state index in [9.17, 15) is 8.42 Å². The smallest absolute Gasteiger partial charge is 0.300 e. The van der Waals surface area contributed by atoms with Gasteiger partial charge >= 0.3 is 0 Å². The number of hydrogen-bond acceptors (Lipinski definition) is 4. The van der Waals surface area contributed by atoms with E-state index in [-0.39, 0.29) is 0 Å². The second kappa shape index (κ2) is 2.79. The molecule has 6 nitrogen and oxygen atoms in total. The molecule has 1 aromatic heterocycles. The lowest BCUT2D eigenvalue weighted by molar-refractivity contribution is 0.400. The molecule has 1 rings (SSSR count). The molecule has 7 heteroatoms. The van der Waals surface area contributed by atoms with Crippen LogP contribution in [0, 0.1) is 0 Å². The first-order chi connectivity index (χ1) is 5.88. The van der Waals surface area contributed by atoms with E-state index in [0.29, 0.717) is 10.6 Å². The van der Waals surface area contributed by atoms with Crippen LogP contribution in [0.4, 0.5) is 0 Å². The van der Waals surface area contributed by atoms with Crippen molar-refractivity contribution in [3.63, 3.8) is 0 Å². The minimum absolute atomic E-state index is 0.528. The average molecular weight is 205 g/mol. The molecule has 1 heterocycles. The van der Waals surface area contributed by atoms with Crippen LogP contribution in [0.5, 0.6) is 11.8 Å². The number of nitrogens with zero attached hydrogens (tertiary/aromatic N) is 1. The summed E-state index contributed by atoms with van der Waals surface area (Å²) in [4.78, 5) is -0.759. The van der Waals surface area contributed by atoms with E-state index in [4.69, 9.17) is 14.8 Å². The molecule has 0 aliphatic rings. The fourth-order valence-electron chi connectivity index (χ4n) is 0.848. The summed E-state index contributed by atoms with van der Waals surface area (Å²) < 4.78 is 30.4. The number of aromatic hydroxyl groups is 2. The van der Waals surface area contributed by atoms with Crippen LogP contribution in [-0.2, 0) is 10.1 Å². The molecular formula is C6H7NO5S. The molecule has 13 heavy (non-hydrogen) atoms. The van der Waals surface area contributed by atoms with Crippen LogP contribution >= 0.6 is 0 Å². The maximum atomic E-state index is 10.6. The standard InChI is InChI=1S/C6H7NO5S/c1-2-7-5(8)3-4(6(7)9)13(10,11)12/h2-3,8-9H,1H2,(H,10,11,12). The largest absolute Gasteiger partial charge is 0.494 e. The van der Waals surface area contributed by atoms with Crippen LogP contribution in [0.25, 0.3) is 6.20 Å². The lowest BCUT2D eigenvalue weighted by atomic mass is 10.6. The third kappa shape index (κ3) is 1.51. The van der Waals surface area contributed by atoms with Crippen molar-refractivity contribution in [1.82, 2.24) is 4.57 Å². The van der Waals surface area contributed by atoms with Crippen molar-refractivity contribution in [2.75, 3.05) is 0 Å². The highest BCUT2D eigenvalue weighted by Gasteiger charge is 2.21. The Kier molecular flexibility index (Phi) is 2.06. The molecule has 0 bridgehead atoms. The van der Waals surface area contributed by atoms with Gasteiger partial charge in [-0.2, -0.15) is 8.42 Å². The van der Waals surface area contributed by atoms with E-state index in [1.807, 2.05) is 0 Å². The minimum atomic E-state index is -4.52. The van der Waals surface area contributed by atoms with Crippen molar-refractivity contribution in [3.8, 4) is 11.8 Å². The van der Waals surface area contributed by atoms with Gasteiger partial charge in [-0.05, 0) is 0 Å². The Morgan fingerprint density at radius 3 is 2.23 bits per heavy atom. The minimum Gasteiger partial charge on any atom is -0.494 e. The molecule has 0 amide bonds. The zero-order valence-electron chi connectivity index (χ0n) is 6.38. The Hall–Kier alpha value is -1.47. The maximum Gasteiger partial charge on any atom is 0.300 e. The molecule has 0 spiro atoms. The van der Waals surface area contributed by atoms with Gasteiger partial charge in [0.2, 0.25) is 5.88 Å². The van der Waals surface area contributed by atoms with Crippen molar-refractivity contribution in [2.24, 2.45) is 0 Å².